The number of rotatable bonds is 5. The summed E-state index contributed by atoms with van der Waals surface area (Å²) in [6.45, 7) is 10.5. The van der Waals surface area contributed by atoms with Crippen LogP contribution in [0.1, 0.15) is 23.3 Å². The molecule has 1 fully saturated rings. The second-order valence-electron chi connectivity index (χ2n) is 5.51. The zero-order valence-corrected chi connectivity index (χ0v) is 12.3. The molecule has 1 aromatic carbocycles. The lowest BCUT2D eigenvalue weighted by molar-refractivity contribution is 0.0966. The molecule has 0 spiro atoms. The number of nitrogens with zero attached hydrogens (tertiary/aromatic N) is 2. The predicted molar refractivity (Wildman–Crippen MR) is 91.2 cm³/mol. The highest BCUT2D eigenvalue weighted by Gasteiger charge is 2.22. The van der Waals surface area contributed by atoms with Gasteiger partial charge in [-0.3, -0.25) is 9.69 Å². The number of amides is 1. The van der Waals surface area contributed by atoms with Crippen LogP contribution < -0.4 is 15.5 Å². The maximum atomic E-state index is 11.7. The molecule has 3 rings (SSSR count). The topological polar surface area (TPSA) is 47.6 Å². The van der Waals surface area contributed by atoms with Crippen molar-refractivity contribution in [2.75, 3.05) is 44.2 Å². The molecule has 0 unspecified atom stereocenters. The Hall–Kier alpha value is -2.01. The lowest BCUT2D eigenvalue weighted by atomic mass is 10.1. The van der Waals surface area contributed by atoms with E-state index in [1.54, 1.807) is 6.20 Å². The van der Waals surface area contributed by atoms with Gasteiger partial charge in [0, 0.05) is 57.1 Å². The van der Waals surface area contributed by atoms with Gasteiger partial charge >= 0.3 is 0 Å². The van der Waals surface area contributed by atoms with Crippen LogP contribution in [0.3, 0.4) is 0 Å². The summed E-state index contributed by atoms with van der Waals surface area (Å²) in [4.78, 5) is 16.6. The third-order valence-corrected chi connectivity index (χ3v) is 4.23. The summed E-state index contributed by atoms with van der Waals surface area (Å²) in [6, 6.07) is 6.24. The first-order valence-corrected chi connectivity index (χ1v) is 7.50. The fourth-order valence-electron chi connectivity index (χ4n) is 2.95. The molecule has 1 saturated heterocycles. The summed E-state index contributed by atoms with van der Waals surface area (Å²) >= 11 is 0. The quantitative estimate of drug-likeness (QED) is 0.808. The standard InChI is InChI=1S/C16H22N4O.CH4/c1-2-17-5-6-19-7-9-20(10-8-19)14-4-3-13-12-18-16(21)15(13)11-14;/h2-4,11,17H,1,5-10,12H2,(H,18,21);1H4. The number of hydrogen-bond acceptors (Lipinski definition) is 4. The van der Waals surface area contributed by atoms with Crippen molar-refractivity contribution in [1.82, 2.24) is 15.5 Å². The molecule has 0 atom stereocenters. The van der Waals surface area contributed by atoms with Crippen molar-refractivity contribution in [1.29, 1.82) is 0 Å². The molecule has 1 amide bonds. The predicted octanol–water partition coefficient (Wildman–Crippen LogP) is 1.42. The van der Waals surface area contributed by atoms with Crippen molar-refractivity contribution in [2.24, 2.45) is 0 Å². The molecule has 120 valence electrons. The Kier molecular flexibility index (Phi) is 5.44. The summed E-state index contributed by atoms with van der Waals surface area (Å²) in [5, 5.41) is 6.01. The molecule has 22 heavy (non-hydrogen) atoms. The number of piperazine rings is 1. The maximum Gasteiger partial charge on any atom is 0.251 e. The number of hydrogen-bond donors (Lipinski definition) is 2. The van der Waals surface area contributed by atoms with Crippen molar-refractivity contribution in [3.63, 3.8) is 0 Å². The highest BCUT2D eigenvalue weighted by atomic mass is 16.1. The Labute approximate surface area is 133 Å². The molecule has 2 N–H and O–H groups in total. The molecule has 0 bridgehead atoms. The number of fused-ring (bicyclic) bond motifs is 1. The van der Waals surface area contributed by atoms with Gasteiger partial charge in [0.05, 0.1) is 0 Å². The van der Waals surface area contributed by atoms with Gasteiger partial charge in [-0.25, -0.2) is 0 Å². The molecule has 0 radical (unpaired) electrons. The van der Waals surface area contributed by atoms with Crippen LogP contribution in [0.2, 0.25) is 0 Å². The molecule has 2 aliphatic heterocycles. The molecular formula is C17H26N4O. The number of benzene rings is 1. The number of nitrogens with one attached hydrogen (secondary N) is 2. The second-order valence-corrected chi connectivity index (χ2v) is 5.51. The van der Waals surface area contributed by atoms with Gasteiger partial charge < -0.3 is 15.5 Å². The molecule has 0 saturated carbocycles. The van der Waals surface area contributed by atoms with Crippen LogP contribution in [0.25, 0.3) is 0 Å². The van der Waals surface area contributed by atoms with Crippen LogP contribution >= 0.6 is 0 Å². The lowest BCUT2D eigenvalue weighted by Gasteiger charge is -2.36. The van der Waals surface area contributed by atoms with Crippen LogP contribution in [0, 0.1) is 0 Å². The van der Waals surface area contributed by atoms with Crippen LogP contribution in [-0.4, -0.2) is 50.1 Å². The summed E-state index contributed by atoms with van der Waals surface area (Å²) < 4.78 is 0. The van der Waals surface area contributed by atoms with Crippen molar-refractivity contribution >= 4 is 11.6 Å². The molecule has 1 aromatic rings. The SMILES string of the molecule is C.C=CNCCN1CCN(c2ccc3c(c2)C(=O)NC3)CC1. The highest BCUT2D eigenvalue weighted by Crippen LogP contribution is 2.23. The Morgan fingerprint density at radius 3 is 2.77 bits per heavy atom. The number of carbonyl (C=O) groups excluding carboxylic acids is 1. The Bertz CT molecular complexity index is 535. The van der Waals surface area contributed by atoms with E-state index in [-0.39, 0.29) is 13.3 Å². The fourth-order valence-corrected chi connectivity index (χ4v) is 2.95. The van der Waals surface area contributed by atoms with E-state index in [4.69, 9.17) is 0 Å². The van der Waals surface area contributed by atoms with Crippen LogP contribution in [0.5, 0.6) is 0 Å². The average Bonchev–Trinajstić information content (AvgIpc) is 2.89. The van der Waals surface area contributed by atoms with E-state index in [9.17, 15) is 4.79 Å². The van der Waals surface area contributed by atoms with E-state index >= 15 is 0 Å². The highest BCUT2D eigenvalue weighted by molar-refractivity contribution is 5.99. The first-order valence-electron chi connectivity index (χ1n) is 7.50. The first kappa shape index (κ1) is 16.4. The second kappa shape index (κ2) is 7.31. The first-order chi connectivity index (χ1) is 10.3. The van der Waals surface area contributed by atoms with Gasteiger partial charge in [0.15, 0.2) is 0 Å². The summed E-state index contributed by atoms with van der Waals surface area (Å²) in [5.74, 6) is 0.0565. The largest absolute Gasteiger partial charge is 0.390 e. The minimum atomic E-state index is 0. The zero-order valence-electron chi connectivity index (χ0n) is 12.3. The zero-order chi connectivity index (χ0) is 14.7. The van der Waals surface area contributed by atoms with Gasteiger partial charge in [0.2, 0.25) is 0 Å². The van der Waals surface area contributed by atoms with E-state index in [2.05, 4.69) is 39.1 Å². The van der Waals surface area contributed by atoms with Crippen LogP contribution in [-0.2, 0) is 6.54 Å². The molecule has 5 heteroatoms. The molecular weight excluding hydrogens is 276 g/mol. The van der Waals surface area contributed by atoms with E-state index in [1.807, 2.05) is 6.07 Å². The van der Waals surface area contributed by atoms with Crippen LogP contribution in [0.15, 0.2) is 31.0 Å². The van der Waals surface area contributed by atoms with Gasteiger partial charge in [0.25, 0.3) is 5.91 Å². The molecule has 2 aliphatic rings. The van der Waals surface area contributed by atoms with Crippen molar-refractivity contribution in [3.05, 3.63) is 42.1 Å². The van der Waals surface area contributed by atoms with E-state index in [1.165, 1.54) is 0 Å². The smallest absolute Gasteiger partial charge is 0.251 e. The average molecular weight is 302 g/mol. The van der Waals surface area contributed by atoms with Gasteiger partial charge in [-0.2, -0.15) is 0 Å². The maximum absolute atomic E-state index is 11.7. The Balaban J connectivity index is 0.00000176. The fraction of sp³-hybridized carbons (Fsp3) is 0.471. The minimum Gasteiger partial charge on any atom is -0.390 e. The Morgan fingerprint density at radius 1 is 1.27 bits per heavy atom. The third-order valence-electron chi connectivity index (χ3n) is 4.23. The molecule has 0 aromatic heterocycles. The molecule has 2 heterocycles. The van der Waals surface area contributed by atoms with Crippen molar-refractivity contribution < 1.29 is 4.79 Å². The van der Waals surface area contributed by atoms with Gasteiger partial charge in [-0.05, 0) is 23.9 Å². The summed E-state index contributed by atoms with van der Waals surface area (Å²) in [7, 11) is 0. The summed E-state index contributed by atoms with van der Waals surface area (Å²) in [6.07, 6.45) is 1.74. The number of carbonyl (C=O) groups is 1. The van der Waals surface area contributed by atoms with E-state index < -0.39 is 0 Å². The van der Waals surface area contributed by atoms with Gasteiger partial charge in [-0.1, -0.05) is 20.1 Å². The van der Waals surface area contributed by atoms with Crippen molar-refractivity contribution in [2.45, 2.75) is 14.0 Å². The molecule has 0 aliphatic carbocycles. The van der Waals surface area contributed by atoms with E-state index in [0.717, 1.165) is 56.1 Å². The monoisotopic (exact) mass is 302 g/mol. The molecule has 5 nitrogen and oxygen atoms in total. The minimum absolute atomic E-state index is 0. The third kappa shape index (κ3) is 3.42. The summed E-state index contributed by atoms with van der Waals surface area (Å²) in [5.41, 5.74) is 3.11. The van der Waals surface area contributed by atoms with Gasteiger partial charge in [0.1, 0.15) is 0 Å². The van der Waals surface area contributed by atoms with E-state index in [0.29, 0.717) is 6.54 Å². The Morgan fingerprint density at radius 2 is 2.05 bits per heavy atom. The van der Waals surface area contributed by atoms with Crippen LogP contribution in [0.4, 0.5) is 5.69 Å². The normalized spacial score (nSPS) is 17.5. The lowest BCUT2D eigenvalue weighted by Crippen LogP contribution is -2.48. The van der Waals surface area contributed by atoms with Gasteiger partial charge in [-0.15, -0.1) is 0 Å². The van der Waals surface area contributed by atoms with Crippen molar-refractivity contribution in [3.8, 4) is 0 Å². The number of anilines is 1.